The van der Waals surface area contributed by atoms with E-state index < -0.39 is 54.5 Å². The van der Waals surface area contributed by atoms with Crippen molar-refractivity contribution in [1.82, 2.24) is 34.7 Å². The van der Waals surface area contributed by atoms with Crippen molar-refractivity contribution in [3.05, 3.63) is 70.6 Å². The van der Waals surface area contributed by atoms with Crippen LogP contribution >= 0.6 is 11.3 Å². The van der Waals surface area contributed by atoms with Gasteiger partial charge in [0.15, 0.2) is 29.1 Å². The Morgan fingerprint density at radius 2 is 1.81 bits per heavy atom. The largest absolute Gasteiger partial charge is 0.394 e. The maximum Gasteiger partial charge on any atom is 0.194 e. The van der Waals surface area contributed by atoms with E-state index >= 15 is 0 Å². The smallest absolute Gasteiger partial charge is 0.194 e. The Labute approximate surface area is 239 Å². The number of hydrogen-bond donors (Lipinski definition) is 3. The Balaban J connectivity index is 1.28. The Bertz CT molecular complexity index is 1780. The minimum atomic E-state index is -1.62. The van der Waals surface area contributed by atoms with Gasteiger partial charge >= 0.3 is 0 Å². The summed E-state index contributed by atoms with van der Waals surface area (Å²) >= 11 is 1.53. The summed E-state index contributed by atoms with van der Waals surface area (Å²) in [6, 6.07) is 5.96. The van der Waals surface area contributed by atoms with Gasteiger partial charge in [0.05, 0.1) is 33.7 Å². The van der Waals surface area contributed by atoms with E-state index in [2.05, 4.69) is 15.3 Å². The summed E-state index contributed by atoms with van der Waals surface area (Å²) in [6.45, 7) is 1.33. The molecule has 218 valence electrons. The van der Waals surface area contributed by atoms with Crippen LogP contribution in [-0.2, 0) is 4.74 Å². The van der Waals surface area contributed by atoms with Crippen LogP contribution in [0.2, 0.25) is 0 Å². The monoisotopic (exact) mass is 599 g/mol. The Morgan fingerprint density at radius 1 is 1.05 bits per heavy atom. The van der Waals surface area contributed by atoms with Crippen LogP contribution in [0.1, 0.15) is 47.6 Å². The van der Waals surface area contributed by atoms with Gasteiger partial charge in [0, 0.05) is 11.5 Å². The first kappa shape index (κ1) is 27.1. The summed E-state index contributed by atoms with van der Waals surface area (Å²) < 4.78 is 50.9. The van der Waals surface area contributed by atoms with Crippen LogP contribution in [0.25, 0.3) is 27.2 Å². The lowest BCUT2D eigenvalue weighted by Crippen LogP contribution is -2.53. The summed E-state index contributed by atoms with van der Waals surface area (Å²) in [5.74, 6) is -3.39. The van der Waals surface area contributed by atoms with Gasteiger partial charge in [-0.15, -0.1) is 16.4 Å². The number of aromatic nitrogens is 7. The van der Waals surface area contributed by atoms with E-state index in [-0.39, 0.29) is 23.0 Å². The highest BCUT2D eigenvalue weighted by atomic mass is 32.1. The minimum absolute atomic E-state index is 0.0249. The molecule has 5 atom stereocenters. The SMILES string of the molecule is Cc1nc2ccc(-n3nc(C4CC4)nc3[C@@H]3O[C@H](CO)[C@H](O)[C@H](n4cc(-c5cc(F)c(F)c(F)c5)nn4)[C@H]3O)cc2s1. The highest BCUT2D eigenvalue weighted by Gasteiger charge is 2.49. The van der Waals surface area contributed by atoms with Crippen LogP contribution < -0.4 is 0 Å². The van der Waals surface area contributed by atoms with Gasteiger partial charge in [-0.25, -0.2) is 32.5 Å². The van der Waals surface area contributed by atoms with Crippen molar-refractivity contribution < 1.29 is 33.2 Å². The van der Waals surface area contributed by atoms with Crippen LogP contribution in [-0.4, -0.2) is 75.0 Å². The van der Waals surface area contributed by atoms with Crippen molar-refractivity contribution in [2.24, 2.45) is 0 Å². The van der Waals surface area contributed by atoms with E-state index in [9.17, 15) is 28.5 Å². The number of nitrogens with zero attached hydrogens (tertiary/aromatic N) is 7. The number of ether oxygens (including phenoxy) is 1. The fourth-order valence-electron chi connectivity index (χ4n) is 5.28. The molecular formula is C27H24F3N7O4S. The summed E-state index contributed by atoms with van der Waals surface area (Å²) in [4.78, 5) is 9.24. The number of halogens is 3. The molecule has 1 saturated heterocycles. The first-order valence-corrected chi connectivity index (χ1v) is 14.1. The van der Waals surface area contributed by atoms with Crippen molar-refractivity contribution in [1.29, 1.82) is 0 Å². The maximum absolute atomic E-state index is 13.9. The first-order chi connectivity index (χ1) is 20.2. The fourth-order valence-corrected chi connectivity index (χ4v) is 6.14. The van der Waals surface area contributed by atoms with Crippen LogP contribution in [0.5, 0.6) is 0 Å². The topological polar surface area (TPSA) is 144 Å². The van der Waals surface area contributed by atoms with Crippen LogP contribution in [0.15, 0.2) is 36.5 Å². The maximum atomic E-state index is 13.9. The molecule has 0 radical (unpaired) electrons. The van der Waals surface area contributed by atoms with Gasteiger partial charge < -0.3 is 20.1 Å². The Hall–Kier alpha value is -3.76. The third kappa shape index (κ3) is 4.57. The lowest BCUT2D eigenvalue weighted by Gasteiger charge is -2.41. The number of aliphatic hydroxyl groups excluding tert-OH is 3. The highest BCUT2D eigenvalue weighted by molar-refractivity contribution is 7.18. The number of thiazole rings is 1. The Kier molecular flexibility index (Phi) is 6.58. The molecule has 0 unspecified atom stereocenters. The minimum Gasteiger partial charge on any atom is -0.394 e. The molecule has 11 nitrogen and oxygen atoms in total. The average molecular weight is 600 g/mol. The molecule has 0 bridgehead atoms. The zero-order valence-electron chi connectivity index (χ0n) is 22.0. The zero-order chi connectivity index (χ0) is 29.3. The lowest BCUT2D eigenvalue weighted by molar-refractivity contribution is -0.210. The normalized spacial score (nSPS) is 24.5. The number of hydrogen-bond acceptors (Lipinski definition) is 10. The number of rotatable bonds is 6. The van der Waals surface area contributed by atoms with Crippen molar-refractivity contribution in [2.45, 2.75) is 56.1 Å². The molecule has 5 aromatic rings. The third-order valence-corrected chi connectivity index (χ3v) is 8.49. The number of fused-ring (bicyclic) bond motifs is 1. The van der Waals surface area contributed by atoms with Crippen LogP contribution in [0.3, 0.4) is 0 Å². The standard InChI is InChI=1S/C27H24F3N7O4S/c1-11-31-17-5-4-14(8-20(17)42-11)37-27(32-26(34-37)12-2-3-12)25-24(40)22(23(39)19(10-38)41-25)36-9-18(33-35-36)13-6-15(28)21(30)16(29)7-13/h4-9,12,19,22-25,38-40H,2-3,10H2,1H3/t19-,22+,23+,24-,25-/m1/s1. The molecule has 1 saturated carbocycles. The summed E-state index contributed by atoms with van der Waals surface area (Å²) in [5, 5.41) is 46.3. The second kappa shape index (κ2) is 10.2. The highest BCUT2D eigenvalue weighted by Crippen LogP contribution is 2.42. The molecule has 42 heavy (non-hydrogen) atoms. The van der Waals surface area contributed by atoms with Gasteiger partial charge in [0.1, 0.15) is 36.2 Å². The van der Waals surface area contributed by atoms with E-state index in [0.29, 0.717) is 11.5 Å². The molecule has 3 aromatic heterocycles. The number of aliphatic hydroxyl groups is 3. The summed E-state index contributed by atoms with van der Waals surface area (Å²) in [5.41, 5.74) is 1.39. The van der Waals surface area contributed by atoms with Crippen molar-refractivity contribution in [3.8, 4) is 16.9 Å². The average Bonchev–Trinajstić information content (AvgIpc) is 3.35. The summed E-state index contributed by atoms with van der Waals surface area (Å²) in [6.07, 6.45) is -2.12. The van der Waals surface area contributed by atoms with E-state index in [1.54, 1.807) is 4.68 Å². The molecule has 2 fully saturated rings. The zero-order valence-corrected chi connectivity index (χ0v) is 22.8. The predicted molar refractivity (Wildman–Crippen MR) is 142 cm³/mol. The predicted octanol–water partition coefficient (Wildman–Crippen LogP) is 3.13. The van der Waals surface area contributed by atoms with Gasteiger partial charge in [0.25, 0.3) is 0 Å². The lowest BCUT2D eigenvalue weighted by atomic mass is 9.92. The first-order valence-electron chi connectivity index (χ1n) is 13.3. The second-order valence-electron chi connectivity index (χ2n) is 10.5. The molecule has 3 N–H and O–H groups in total. The quantitative estimate of drug-likeness (QED) is 0.251. The van der Waals surface area contributed by atoms with Gasteiger partial charge in [-0.3, -0.25) is 0 Å². The molecule has 1 aliphatic carbocycles. The van der Waals surface area contributed by atoms with E-state index in [4.69, 9.17) is 14.8 Å². The summed E-state index contributed by atoms with van der Waals surface area (Å²) in [7, 11) is 0. The number of aryl methyl sites for hydroxylation is 1. The molecule has 15 heteroatoms. The van der Waals surface area contributed by atoms with E-state index in [0.717, 1.165) is 44.9 Å². The molecule has 0 spiro atoms. The third-order valence-electron chi connectivity index (χ3n) is 7.56. The molecule has 4 heterocycles. The van der Waals surface area contributed by atoms with Crippen molar-refractivity contribution in [2.75, 3.05) is 6.61 Å². The van der Waals surface area contributed by atoms with E-state index in [1.165, 1.54) is 17.5 Å². The van der Waals surface area contributed by atoms with Gasteiger partial charge in [0.2, 0.25) is 0 Å². The molecule has 7 rings (SSSR count). The van der Waals surface area contributed by atoms with E-state index in [1.807, 2.05) is 25.1 Å². The second-order valence-corrected chi connectivity index (χ2v) is 11.7. The molecule has 2 aliphatic rings. The van der Waals surface area contributed by atoms with Gasteiger partial charge in [-0.05, 0) is 50.1 Å². The molecule has 2 aromatic carbocycles. The van der Waals surface area contributed by atoms with Gasteiger partial charge in [-0.2, -0.15) is 5.10 Å². The van der Waals surface area contributed by atoms with Gasteiger partial charge in [-0.1, -0.05) is 5.21 Å². The van der Waals surface area contributed by atoms with Crippen LogP contribution in [0, 0.1) is 24.4 Å². The molecular weight excluding hydrogens is 575 g/mol. The fraction of sp³-hybridized carbons (Fsp3) is 0.370. The van der Waals surface area contributed by atoms with Crippen LogP contribution in [0.4, 0.5) is 13.2 Å². The molecule has 0 amide bonds. The number of benzene rings is 2. The Morgan fingerprint density at radius 3 is 2.52 bits per heavy atom. The molecule has 1 aliphatic heterocycles. The van der Waals surface area contributed by atoms with Crippen molar-refractivity contribution >= 4 is 21.6 Å². The van der Waals surface area contributed by atoms with Crippen molar-refractivity contribution in [3.63, 3.8) is 0 Å².